The topological polar surface area (TPSA) is 21.1 Å². The molecule has 0 saturated heterocycles. The van der Waals surface area contributed by atoms with Crippen LogP contribution in [0.5, 0.6) is 0 Å². The molecule has 0 amide bonds. The van der Waals surface area contributed by atoms with Gasteiger partial charge in [0, 0.05) is 40.4 Å². The van der Waals surface area contributed by atoms with Gasteiger partial charge in [-0.25, -0.2) is 4.98 Å². The molecule has 3 heteroatoms. The molecule has 0 bridgehead atoms. The molecule has 8 aromatic rings. The normalized spacial score (nSPS) is 11.5. The molecule has 0 spiro atoms. The lowest BCUT2D eigenvalue weighted by Gasteiger charge is -2.27. The third-order valence-corrected chi connectivity index (χ3v) is 9.03. The number of aromatic nitrogens is 2. The van der Waals surface area contributed by atoms with Gasteiger partial charge in [-0.1, -0.05) is 109 Å². The van der Waals surface area contributed by atoms with E-state index in [-0.39, 0.29) is 0 Å². The summed E-state index contributed by atoms with van der Waals surface area (Å²) in [7, 11) is 0. The molecule has 0 atom stereocenters. The van der Waals surface area contributed by atoms with Gasteiger partial charge in [-0.3, -0.25) is 0 Å². The van der Waals surface area contributed by atoms with Crippen molar-refractivity contribution < 1.29 is 0 Å². The molecule has 2 heterocycles. The van der Waals surface area contributed by atoms with E-state index >= 15 is 0 Å². The first-order valence-electron chi connectivity index (χ1n) is 15.6. The molecule has 0 radical (unpaired) electrons. The number of fused-ring (bicyclic) bond motifs is 5. The lowest BCUT2D eigenvalue weighted by atomic mass is 9.93. The van der Waals surface area contributed by atoms with Crippen LogP contribution in [0, 0.1) is 0 Å². The van der Waals surface area contributed by atoms with Crippen LogP contribution in [0.3, 0.4) is 0 Å². The van der Waals surface area contributed by atoms with E-state index in [0.29, 0.717) is 0 Å². The Bertz CT molecular complexity index is 2340. The van der Waals surface area contributed by atoms with Gasteiger partial charge >= 0.3 is 0 Å². The second-order valence-electron chi connectivity index (χ2n) is 11.7. The number of hydrogen-bond acceptors (Lipinski definition) is 2. The molecule has 0 unspecified atom stereocenters. The summed E-state index contributed by atoms with van der Waals surface area (Å²) < 4.78 is 2.23. The molecule has 1 aliphatic carbocycles. The highest BCUT2D eigenvalue weighted by Crippen LogP contribution is 2.50. The van der Waals surface area contributed by atoms with Crippen molar-refractivity contribution in [1.82, 2.24) is 9.55 Å². The standard InChI is InChI=1S/C43H29N3/c1-3-12-30(13-4-1)31-21-23-33(24-22-31)46(32-14-5-2-6-15-32)34-25-26-37-39(28-34)36-17-8-7-16-35(36)38-18-11-19-41-43(38)40(37)29-45(41)42-20-9-10-27-44-42/h1-29H. The molecular weight excluding hydrogens is 558 g/mol. The Hall–Kier alpha value is -6.19. The quantitative estimate of drug-likeness (QED) is 0.200. The molecule has 2 aromatic heterocycles. The van der Waals surface area contributed by atoms with Gasteiger partial charge in [0.2, 0.25) is 0 Å². The first kappa shape index (κ1) is 26.2. The van der Waals surface area contributed by atoms with Crippen molar-refractivity contribution in [3.05, 3.63) is 176 Å². The predicted molar refractivity (Wildman–Crippen MR) is 191 cm³/mol. The third-order valence-electron chi connectivity index (χ3n) is 9.03. The summed E-state index contributed by atoms with van der Waals surface area (Å²) in [6.07, 6.45) is 4.12. The summed E-state index contributed by atoms with van der Waals surface area (Å²) in [5, 5.41) is 1.25. The van der Waals surface area contributed by atoms with Crippen molar-refractivity contribution in [2.24, 2.45) is 0 Å². The van der Waals surface area contributed by atoms with Crippen molar-refractivity contribution in [1.29, 1.82) is 0 Å². The first-order valence-corrected chi connectivity index (χ1v) is 15.6. The number of benzene rings is 6. The lowest BCUT2D eigenvalue weighted by Crippen LogP contribution is -2.10. The van der Waals surface area contributed by atoms with Crippen LogP contribution in [-0.4, -0.2) is 9.55 Å². The van der Waals surface area contributed by atoms with E-state index in [9.17, 15) is 0 Å². The average Bonchev–Trinajstić information content (AvgIpc) is 3.48. The van der Waals surface area contributed by atoms with Crippen LogP contribution in [0.15, 0.2) is 176 Å². The molecule has 216 valence electrons. The maximum absolute atomic E-state index is 4.71. The van der Waals surface area contributed by atoms with Crippen molar-refractivity contribution >= 4 is 28.0 Å². The lowest BCUT2D eigenvalue weighted by molar-refractivity contribution is 1.04. The minimum atomic E-state index is 0.914. The largest absolute Gasteiger partial charge is 0.310 e. The van der Waals surface area contributed by atoms with Crippen LogP contribution in [0.4, 0.5) is 17.1 Å². The summed E-state index contributed by atoms with van der Waals surface area (Å²) >= 11 is 0. The smallest absolute Gasteiger partial charge is 0.137 e. The van der Waals surface area contributed by atoms with Crippen LogP contribution < -0.4 is 4.90 Å². The fourth-order valence-corrected chi connectivity index (χ4v) is 6.94. The molecule has 0 N–H and O–H groups in total. The Morgan fingerprint density at radius 3 is 1.78 bits per heavy atom. The van der Waals surface area contributed by atoms with E-state index in [1.807, 2.05) is 18.3 Å². The number of nitrogens with zero attached hydrogens (tertiary/aromatic N) is 3. The Kier molecular flexibility index (Phi) is 6.14. The van der Waals surface area contributed by atoms with Gasteiger partial charge in [0.15, 0.2) is 0 Å². The Balaban J connectivity index is 1.26. The molecule has 6 aromatic carbocycles. The summed E-state index contributed by atoms with van der Waals surface area (Å²) in [6.45, 7) is 0. The van der Waals surface area contributed by atoms with Crippen molar-refractivity contribution in [2.75, 3.05) is 4.90 Å². The zero-order valence-corrected chi connectivity index (χ0v) is 25.1. The molecule has 9 rings (SSSR count). The van der Waals surface area contributed by atoms with Crippen LogP contribution in [0.25, 0.3) is 61.2 Å². The van der Waals surface area contributed by atoms with E-state index < -0.39 is 0 Å². The van der Waals surface area contributed by atoms with Crippen LogP contribution in [0.1, 0.15) is 0 Å². The molecule has 0 aliphatic heterocycles. The number of anilines is 3. The van der Waals surface area contributed by atoms with Crippen LogP contribution in [-0.2, 0) is 0 Å². The molecule has 0 saturated carbocycles. The second kappa shape index (κ2) is 10.8. The van der Waals surface area contributed by atoms with E-state index in [0.717, 1.165) is 28.4 Å². The summed E-state index contributed by atoms with van der Waals surface area (Å²) in [5.41, 5.74) is 14.3. The Morgan fingerprint density at radius 2 is 1.02 bits per heavy atom. The molecule has 1 aliphatic rings. The second-order valence-corrected chi connectivity index (χ2v) is 11.7. The zero-order valence-electron chi connectivity index (χ0n) is 25.1. The highest BCUT2D eigenvalue weighted by atomic mass is 15.1. The van der Waals surface area contributed by atoms with Gasteiger partial charge in [-0.15, -0.1) is 0 Å². The molecular formula is C43H29N3. The molecule has 0 fully saturated rings. The number of rotatable bonds is 5. The van der Waals surface area contributed by atoms with Crippen LogP contribution >= 0.6 is 0 Å². The van der Waals surface area contributed by atoms with Gasteiger partial charge < -0.3 is 9.47 Å². The van der Waals surface area contributed by atoms with E-state index in [1.54, 1.807) is 0 Å². The fourth-order valence-electron chi connectivity index (χ4n) is 6.94. The molecule has 3 nitrogen and oxygen atoms in total. The van der Waals surface area contributed by atoms with Crippen molar-refractivity contribution in [2.45, 2.75) is 0 Å². The fraction of sp³-hybridized carbons (Fsp3) is 0. The van der Waals surface area contributed by atoms with Crippen molar-refractivity contribution in [3.8, 4) is 50.3 Å². The van der Waals surface area contributed by atoms with Crippen molar-refractivity contribution in [3.63, 3.8) is 0 Å². The maximum atomic E-state index is 4.71. The third kappa shape index (κ3) is 4.25. The number of para-hydroxylation sites is 1. The van der Waals surface area contributed by atoms with Crippen LogP contribution in [0.2, 0.25) is 0 Å². The van der Waals surface area contributed by atoms with Gasteiger partial charge in [0.1, 0.15) is 5.82 Å². The SMILES string of the molecule is c1ccc(-c2ccc(N(c3ccccc3)c3ccc4c(c3)-c3ccccc3-c3cccc5c3c-4cn5-c3ccccn3)cc2)cc1. The predicted octanol–water partition coefficient (Wildman–Crippen LogP) is 11.5. The van der Waals surface area contributed by atoms with E-state index in [4.69, 9.17) is 4.98 Å². The summed E-state index contributed by atoms with van der Waals surface area (Å²) in [4.78, 5) is 7.06. The minimum absolute atomic E-state index is 0.914. The zero-order chi connectivity index (χ0) is 30.5. The summed E-state index contributed by atoms with van der Waals surface area (Å²) in [5.74, 6) is 0.914. The number of pyridine rings is 1. The Morgan fingerprint density at radius 1 is 0.413 bits per heavy atom. The van der Waals surface area contributed by atoms with E-state index in [2.05, 4.69) is 167 Å². The van der Waals surface area contributed by atoms with Gasteiger partial charge in [0.25, 0.3) is 0 Å². The maximum Gasteiger partial charge on any atom is 0.137 e. The first-order chi connectivity index (χ1) is 22.8. The van der Waals surface area contributed by atoms with Gasteiger partial charge in [-0.05, 0) is 93.5 Å². The Labute approximate surface area is 268 Å². The van der Waals surface area contributed by atoms with Gasteiger partial charge in [0.05, 0.1) is 5.52 Å². The highest BCUT2D eigenvalue weighted by molar-refractivity contribution is 6.14. The highest BCUT2D eigenvalue weighted by Gasteiger charge is 2.25. The number of hydrogen-bond donors (Lipinski definition) is 0. The molecule has 46 heavy (non-hydrogen) atoms. The summed E-state index contributed by atoms with van der Waals surface area (Å²) in [6, 6.07) is 58.5. The average molecular weight is 588 g/mol. The van der Waals surface area contributed by atoms with Gasteiger partial charge in [-0.2, -0.15) is 0 Å². The minimum Gasteiger partial charge on any atom is -0.310 e. The monoisotopic (exact) mass is 587 g/mol. The van der Waals surface area contributed by atoms with E-state index in [1.165, 1.54) is 49.9 Å².